The third kappa shape index (κ3) is 3.09. The van der Waals surface area contributed by atoms with Gasteiger partial charge in [-0.1, -0.05) is 11.6 Å². The molecule has 0 saturated heterocycles. The summed E-state index contributed by atoms with van der Waals surface area (Å²) in [7, 11) is 1.29. The smallest absolute Gasteiger partial charge is 0.327 e. The molecule has 15 heavy (non-hydrogen) atoms. The maximum atomic E-state index is 13.0. The SMILES string of the molecule is COC(=O)C(C)Nc1ccc(Cl)c(F)c1. The van der Waals surface area contributed by atoms with Gasteiger partial charge < -0.3 is 10.1 Å². The van der Waals surface area contributed by atoms with Crippen molar-refractivity contribution in [1.29, 1.82) is 0 Å². The first-order valence-electron chi connectivity index (χ1n) is 4.34. The van der Waals surface area contributed by atoms with Crippen LogP contribution in [0, 0.1) is 5.82 Å². The van der Waals surface area contributed by atoms with E-state index in [1.807, 2.05) is 0 Å². The second-order valence-corrected chi connectivity index (χ2v) is 3.43. The van der Waals surface area contributed by atoms with E-state index in [9.17, 15) is 9.18 Å². The number of hydrogen-bond donors (Lipinski definition) is 1. The fourth-order valence-electron chi connectivity index (χ4n) is 1.07. The molecule has 0 amide bonds. The fourth-order valence-corrected chi connectivity index (χ4v) is 1.19. The minimum atomic E-state index is -0.532. The molecule has 1 atom stereocenters. The van der Waals surface area contributed by atoms with Crippen molar-refractivity contribution in [2.24, 2.45) is 0 Å². The molecule has 1 unspecified atom stereocenters. The van der Waals surface area contributed by atoms with Crippen LogP contribution in [0.4, 0.5) is 10.1 Å². The highest BCUT2D eigenvalue weighted by atomic mass is 35.5. The fraction of sp³-hybridized carbons (Fsp3) is 0.300. The standard InChI is InChI=1S/C10H11ClFNO2/c1-6(10(14)15-2)13-7-3-4-8(11)9(12)5-7/h3-6,13H,1-2H3. The van der Waals surface area contributed by atoms with E-state index in [1.165, 1.54) is 19.2 Å². The summed E-state index contributed by atoms with van der Waals surface area (Å²) in [5.41, 5.74) is 0.481. The zero-order valence-electron chi connectivity index (χ0n) is 8.38. The van der Waals surface area contributed by atoms with Crippen molar-refractivity contribution >= 4 is 23.3 Å². The zero-order valence-corrected chi connectivity index (χ0v) is 9.14. The highest BCUT2D eigenvalue weighted by molar-refractivity contribution is 6.30. The molecule has 0 aliphatic carbocycles. The third-order valence-corrected chi connectivity index (χ3v) is 2.16. The van der Waals surface area contributed by atoms with Crippen LogP contribution in [0.3, 0.4) is 0 Å². The minimum absolute atomic E-state index is 0.0475. The summed E-state index contributed by atoms with van der Waals surface area (Å²) in [4.78, 5) is 11.1. The Labute approximate surface area is 92.2 Å². The lowest BCUT2D eigenvalue weighted by atomic mass is 10.2. The van der Waals surface area contributed by atoms with Crippen molar-refractivity contribution in [2.45, 2.75) is 13.0 Å². The number of carbonyl (C=O) groups excluding carboxylic acids is 1. The van der Waals surface area contributed by atoms with Crippen LogP contribution in [0.1, 0.15) is 6.92 Å². The van der Waals surface area contributed by atoms with Crippen LogP contribution in [-0.2, 0) is 9.53 Å². The molecule has 1 aromatic carbocycles. The quantitative estimate of drug-likeness (QED) is 0.813. The van der Waals surface area contributed by atoms with E-state index in [0.29, 0.717) is 5.69 Å². The summed E-state index contributed by atoms with van der Waals surface area (Å²) in [5, 5.41) is 2.83. The molecule has 0 bridgehead atoms. The van der Waals surface area contributed by atoms with Crippen molar-refractivity contribution < 1.29 is 13.9 Å². The summed E-state index contributed by atoms with van der Waals surface area (Å²) in [6, 6.07) is 3.70. The highest BCUT2D eigenvalue weighted by Crippen LogP contribution is 2.19. The number of benzene rings is 1. The van der Waals surface area contributed by atoms with Gasteiger partial charge in [0.1, 0.15) is 11.9 Å². The largest absolute Gasteiger partial charge is 0.467 e. The number of methoxy groups -OCH3 is 1. The Hall–Kier alpha value is -1.29. The van der Waals surface area contributed by atoms with Gasteiger partial charge in [-0.25, -0.2) is 9.18 Å². The number of ether oxygens (including phenoxy) is 1. The van der Waals surface area contributed by atoms with E-state index >= 15 is 0 Å². The van der Waals surface area contributed by atoms with Gasteiger partial charge >= 0.3 is 5.97 Å². The molecule has 0 radical (unpaired) electrons. The third-order valence-electron chi connectivity index (χ3n) is 1.86. The molecule has 3 nitrogen and oxygen atoms in total. The van der Waals surface area contributed by atoms with Gasteiger partial charge in [-0.3, -0.25) is 0 Å². The molecular formula is C10H11ClFNO2. The van der Waals surface area contributed by atoms with Crippen LogP contribution in [-0.4, -0.2) is 19.1 Å². The molecule has 0 heterocycles. The van der Waals surface area contributed by atoms with Crippen molar-refractivity contribution in [3.05, 3.63) is 29.0 Å². The Kier molecular flexibility index (Phi) is 3.91. The lowest BCUT2D eigenvalue weighted by Gasteiger charge is -2.12. The number of hydrogen-bond acceptors (Lipinski definition) is 3. The summed E-state index contributed by atoms with van der Waals surface area (Å²) < 4.78 is 17.5. The lowest BCUT2D eigenvalue weighted by molar-refractivity contribution is -0.141. The van der Waals surface area contributed by atoms with Gasteiger partial charge in [0.25, 0.3) is 0 Å². The predicted octanol–water partition coefficient (Wildman–Crippen LogP) is 2.45. The Bertz CT molecular complexity index is 370. The van der Waals surface area contributed by atoms with Crippen LogP contribution in [0.5, 0.6) is 0 Å². The van der Waals surface area contributed by atoms with Crippen molar-refractivity contribution in [3.63, 3.8) is 0 Å². The molecule has 1 aromatic rings. The number of halogens is 2. The lowest BCUT2D eigenvalue weighted by Crippen LogP contribution is -2.27. The van der Waals surface area contributed by atoms with E-state index in [4.69, 9.17) is 11.6 Å². The summed E-state index contributed by atoms with van der Waals surface area (Å²) in [6.45, 7) is 1.62. The summed E-state index contributed by atoms with van der Waals surface area (Å²) in [6.07, 6.45) is 0. The molecule has 0 aliphatic rings. The first kappa shape index (κ1) is 11.8. The highest BCUT2D eigenvalue weighted by Gasteiger charge is 2.12. The number of rotatable bonds is 3. The number of esters is 1. The average molecular weight is 232 g/mol. The van der Waals surface area contributed by atoms with Crippen LogP contribution in [0.25, 0.3) is 0 Å². The molecule has 1 N–H and O–H groups in total. The van der Waals surface area contributed by atoms with E-state index in [0.717, 1.165) is 0 Å². The molecule has 0 aliphatic heterocycles. The van der Waals surface area contributed by atoms with Gasteiger partial charge in [0.2, 0.25) is 0 Å². The Morgan fingerprint density at radius 1 is 1.60 bits per heavy atom. The summed E-state index contributed by atoms with van der Waals surface area (Å²) in [5.74, 6) is -0.941. The molecule has 0 fully saturated rings. The number of carbonyl (C=O) groups is 1. The average Bonchev–Trinajstić information content (AvgIpc) is 2.22. The van der Waals surface area contributed by atoms with Gasteiger partial charge in [0, 0.05) is 5.69 Å². The molecular weight excluding hydrogens is 221 g/mol. The molecule has 0 aromatic heterocycles. The minimum Gasteiger partial charge on any atom is -0.467 e. The van der Waals surface area contributed by atoms with Gasteiger partial charge in [0.15, 0.2) is 0 Å². The van der Waals surface area contributed by atoms with Crippen LogP contribution < -0.4 is 5.32 Å². The van der Waals surface area contributed by atoms with Crippen molar-refractivity contribution in [3.8, 4) is 0 Å². The zero-order chi connectivity index (χ0) is 11.4. The van der Waals surface area contributed by atoms with Gasteiger partial charge in [-0.15, -0.1) is 0 Å². The Morgan fingerprint density at radius 3 is 2.80 bits per heavy atom. The molecule has 0 saturated carbocycles. The van der Waals surface area contributed by atoms with Crippen LogP contribution in [0.2, 0.25) is 5.02 Å². The van der Waals surface area contributed by atoms with E-state index in [1.54, 1.807) is 13.0 Å². The second kappa shape index (κ2) is 4.98. The first-order chi connectivity index (χ1) is 7.04. The van der Waals surface area contributed by atoms with Crippen LogP contribution in [0.15, 0.2) is 18.2 Å². The number of anilines is 1. The first-order valence-corrected chi connectivity index (χ1v) is 4.72. The maximum absolute atomic E-state index is 13.0. The van der Waals surface area contributed by atoms with Crippen molar-refractivity contribution in [2.75, 3.05) is 12.4 Å². The molecule has 1 rings (SSSR count). The van der Waals surface area contributed by atoms with Crippen molar-refractivity contribution in [1.82, 2.24) is 0 Å². The van der Waals surface area contributed by atoms with Gasteiger partial charge in [-0.2, -0.15) is 0 Å². The van der Waals surface area contributed by atoms with Gasteiger partial charge in [-0.05, 0) is 25.1 Å². The molecule has 0 spiro atoms. The normalized spacial score (nSPS) is 12.0. The van der Waals surface area contributed by atoms with E-state index < -0.39 is 17.8 Å². The molecule has 5 heteroatoms. The predicted molar refractivity (Wildman–Crippen MR) is 56.5 cm³/mol. The monoisotopic (exact) mass is 231 g/mol. The van der Waals surface area contributed by atoms with E-state index in [-0.39, 0.29) is 5.02 Å². The second-order valence-electron chi connectivity index (χ2n) is 3.02. The summed E-state index contributed by atoms with van der Waals surface area (Å²) >= 11 is 5.51. The van der Waals surface area contributed by atoms with Gasteiger partial charge in [0.05, 0.1) is 12.1 Å². The Balaban J connectivity index is 2.73. The topological polar surface area (TPSA) is 38.3 Å². The maximum Gasteiger partial charge on any atom is 0.327 e. The van der Waals surface area contributed by atoms with E-state index in [2.05, 4.69) is 10.1 Å². The van der Waals surface area contributed by atoms with Crippen LogP contribution >= 0.6 is 11.6 Å². The number of nitrogens with one attached hydrogen (secondary N) is 1. The molecule has 82 valence electrons. The Morgan fingerprint density at radius 2 is 2.27 bits per heavy atom.